The molecule has 1 aliphatic rings. The van der Waals surface area contributed by atoms with Gasteiger partial charge in [-0.05, 0) is 48.5 Å². The molecule has 0 aliphatic carbocycles. The van der Waals surface area contributed by atoms with E-state index in [-0.39, 0.29) is 11.3 Å². The second-order valence-electron chi connectivity index (χ2n) is 5.54. The molecule has 3 rings (SSSR count). The lowest BCUT2D eigenvalue weighted by atomic mass is 10.1. The lowest BCUT2D eigenvalue weighted by molar-refractivity contribution is -0.122. The molecule has 1 saturated heterocycles. The number of halogens is 1. The second kappa shape index (κ2) is 7.51. The number of urea groups is 1. The minimum atomic E-state index is -0.831. The van der Waals surface area contributed by atoms with Crippen LogP contribution in [0.3, 0.4) is 0 Å². The molecule has 0 spiro atoms. The summed E-state index contributed by atoms with van der Waals surface area (Å²) in [5, 5.41) is 2.62. The maximum Gasteiger partial charge on any atom is 0.335 e. The van der Waals surface area contributed by atoms with Gasteiger partial charge < -0.3 is 9.47 Å². The van der Waals surface area contributed by atoms with E-state index in [4.69, 9.17) is 21.1 Å². The molecule has 7 nitrogen and oxygen atoms in total. The number of imide groups is 2. The van der Waals surface area contributed by atoms with Crippen LogP contribution in [0.1, 0.15) is 5.56 Å². The van der Waals surface area contributed by atoms with Crippen molar-refractivity contribution in [3.8, 4) is 11.5 Å². The zero-order valence-electron chi connectivity index (χ0n) is 14.5. The van der Waals surface area contributed by atoms with Crippen molar-refractivity contribution >= 4 is 41.2 Å². The van der Waals surface area contributed by atoms with Crippen LogP contribution in [-0.4, -0.2) is 32.1 Å². The number of nitrogens with zero attached hydrogens (tertiary/aromatic N) is 1. The Hall–Kier alpha value is -3.32. The van der Waals surface area contributed by atoms with Gasteiger partial charge in [-0.15, -0.1) is 0 Å². The van der Waals surface area contributed by atoms with Crippen molar-refractivity contribution in [2.45, 2.75) is 0 Å². The quantitative estimate of drug-likeness (QED) is 0.645. The lowest BCUT2D eigenvalue weighted by Gasteiger charge is -2.26. The molecule has 2 aromatic rings. The molecule has 2 aromatic carbocycles. The van der Waals surface area contributed by atoms with Gasteiger partial charge in [0.15, 0.2) is 0 Å². The summed E-state index contributed by atoms with van der Waals surface area (Å²) in [6.45, 7) is 0. The highest BCUT2D eigenvalue weighted by Gasteiger charge is 2.37. The van der Waals surface area contributed by atoms with E-state index in [1.165, 1.54) is 32.4 Å². The molecule has 138 valence electrons. The third kappa shape index (κ3) is 3.63. The highest BCUT2D eigenvalue weighted by molar-refractivity contribution is 6.39. The minimum Gasteiger partial charge on any atom is -0.497 e. The zero-order chi connectivity index (χ0) is 19.6. The Labute approximate surface area is 160 Å². The molecule has 0 bridgehead atoms. The molecule has 0 aromatic heterocycles. The van der Waals surface area contributed by atoms with Crippen LogP contribution in [0.25, 0.3) is 6.08 Å². The Morgan fingerprint density at radius 1 is 1.00 bits per heavy atom. The molecule has 1 fully saturated rings. The number of carbonyl (C=O) groups excluding carboxylic acids is 3. The largest absolute Gasteiger partial charge is 0.497 e. The number of hydrogen-bond acceptors (Lipinski definition) is 5. The monoisotopic (exact) mass is 386 g/mol. The summed E-state index contributed by atoms with van der Waals surface area (Å²) in [6, 6.07) is 10.2. The molecule has 0 unspecified atom stereocenters. The highest BCUT2D eigenvalue weighted by Crippen LogP contribution is 2.28. The third-order valence-electron chi connectivity index (χ3n) is 3.92. The van der Waals surface area contributed by atoms with Crippen LogP contribution in [0, 0.1) is 0 Å². The van der Waals surface area contributed by atoms with Gasteiger partial charge in [0.05, 0.1) is 19.9 Å². The van der Waals surface area contributed by atoms with Crippen LogP contribution < -0.4 is 19.7 Å². The molecule has 27 heavy (non-hydrogen) atoms. The predicted octanol–water partition coefficient (Wildman–Crippen LogP) is 3.02. The first-order valence-electron chi connectivity index (χ1n) is 7.83. The number of rotatable bonds is 4. The van der Waals surface area contributed by atoms with Gasteiger partial charge in [0.25, 0.3) is 11.8 Å². The minimum absolute atomic E-state index is 0.212. The Balaban J connectivity index is 2.05. The number of hydrogen-bond donors (Lipinski definition) is 1. The topological polar surface area (TPSA) is 84.9 Å². The van der Waals surface area contributed by atoms with Gasteiger partial charge in [-0.2, -0.15) is 0 Å². The summed E-state index contributed by atoms with van der Waals surface area (Å²) in [4.78, 5) is 38.2. The van der Waals surface area contributed by atoms with Crippen molar-refractivity contribution in [3.05, 3.63) is 58.6 Å². The zero-order valence-corrected chi connectivity index (χ0v) is 15.2. The summed E-state index contributed by atoms with van der Waals surface area (Å²) in [7, 11) is 2.97. The van der Waals surface area contributed by atoms with Gasteiger partial charge in [-0.3, -0.25) is 14.9 Å². The van der Waals surface area contributed by atoms with Crippen LogP contribution in [0.15, 0.2) is 48.0 Å². The fourth-order valence-corrected chi connectivity index (χ4v) is 2.72. The van der Waals surface area contributed by atoms with Gasteiger partial charge in [0.2, 0.25) is 0 Å². The second-order valence-corrected chi connectivity index (χ2v) is 5.98. The van der Waals surface area contributed by atoms with E-state index < -0.39 is 17.8 Å². The fourth-order valence-electron chi connectivity index (χ4n) is 2.59. The number of anilines is 1. The summed E-state index contributed by atoms with van der Waals surface area (Å²) in [5.41, 5.74) is 0.537. The fraction of sp³-hybridized carbons (Fsp3) is 0.105. The Kier molecular flexibility index (Phi) is 5.14. The van der Waals surface area contributed by atoms with Crippen molar-refractivity contribution in [1.82, 2.24) is 5.32 Å². The van der Waals surface area contributed by atoms with E-state index >= 15 is 0 Å². The first-order chi connectivity index (χ1) is 12.9. The van der Waals surface area contributed by atoms with E-state index in [2.05, 4.69) is 5.32 Å². The van der Waals surface area contributed by atoms with Crippen LogP contribution in [0.2, 0.25) is 5.02 Å². The van der Waals surface area contributed by atoms with Gasteiger partial charge in [0.1, 0.15) is 17.1 Å². The molecule has 8 heteroatoms. The van der Waals surface area contributed by atoms with Gasteiger partial charge >= 0.3 is 6.03 Å². The van der Waals surface area contributed by atoms with Crippen molar-refractivity contribution in [2.75, 3.05) is 19.1 Å². The van der Waals surface area contributed by atoms with Crippen LogP contribution in [0.4, 0.5) is 10.5 Å². The van der Waals surface area contributed by atoms with Crippen molar-refractivity contribution < 1.29 is 23.9 Å². The third-order valence-corrected chi connectivity index (χ3v) is 4.18. The first kappa shape index (κ1) is 18.5. The number of benzene rings is 2. The maximum absolute atomic E-state index is 12.9. The highest BCUT2D eigenvalue weighted by atomic mass is 35.5. The summed E-state index contributed by atoms with van der Waals surface area (Å²) in [5.74, 6) is -0.577. The average Bonchev–Trinajstić information content (AvgIpc) is 2.66. The predicted molar refractivity (Wildman–Crippen MR) is 100.0 cm³/mol. The van der Waals surface area contributed by atoms with Crippen LogP contribution >= 0.6 is 11.6 Å². The average molecular weight is 387 g/mol. The van der Waals surface area contributed by atoms with Crippen molar-refractivity contribution in [1.29, 1.82) is 0 Å². The number of amides is 4. The van der Waals surface area contributed by atoms with Gasteiger partial charge in [0, 0.05) is 10.6 Å². The Morgan fingerprint density at radius 2 is 1.70 bits per heavy atom. The molecule has 4 amide bonds. The summed E-state index contributed by atoms with van der Waals surface area (Å²) < 4.78 is 10.4. The van der Waals surface area contributed by atoms with E-state index in [1.54, 1.807) is 30.3 Å². The molecular formula is C19H15ClN2O5. The molecule has 1 aliphatic heterocycles. The molecule has 0 radical (unpaired) electrons. The van der Waals surface area contributed by atoms with E-state index in [0.717, 1.165) is 4.90 Å². The van der Waals surface area contributed by atoms with E-state index in [9.17, 15) is 14.4 Å². The number of carbonyl (C=O) groups is 3. The van der Waals surface area contributed by atoms with Crippen LogP contribution in [-0.2, 0) is 9.59 Å². The smallest absolute Gasteiger partial charge is 0.335 e. The lowest BCUT2D eigenvalue weighted by Crippen LogP contribution is -2.54. The van der Waals surface area contributed by atoms with Crippen molar-refractivity contribution in [2.24, 2.45) is 0 Å². The first-order valence-corrected chi connectivity index (χ1v) is 8.21. The van der Waals surface area contributed by atoms with Gasteiger partial charge in [-0.25, -0.2) is 9.69 Å². The number of ether oxygens (including phenoxy) is 2. The molecule has 1 heterocycles. The van der Waals surface area contributed by atoms with Gasteiger partial charge in [-0.1, -0.05) is 11.6 Å². The summed E-state index contributed by atoms with van der Waals surface area (Å²) in [6.07, 6.45) is 1.36. The molecule has 0 saturated carbocycles. The number of barbiturate groups is 1. The van der Waals surface area contributed by atoms with Crippen LogP contribution in [0.5, 0.6) is 11.5 Å². The number of nitrogens with one attached hydrogen (secondary N) is 1. The standard InChI is InChI=1S/C19H15ClN2O5/c1-26-14-7-8-16(27-2)11(9-14)10-15-17(23)21-19(25)22(18(15)24)13-5-3-12(20)4-6-13/h3-10H,1-2H3,(H,21,23,25)/b15-10-. The molecular weight excluding hydrogens is 372 g/mol. The van der Waals surface area contributed by atoms with Crippen molar-refractivity contribution in [3.63, 3.8) is 0 Å². The number of methoxy groups -OCH3 is 2. The molecule has 1 N–H and O–H groups in total. The summed E-state index contributed by atoms with van der Waals surface area (Å²) >= 11 is 5.85. The van der Waals surface area contributed by atoms with E-state index in [1.807, 2.05) is 0 Å². The Morgan fingerprint density at radius 3 is 2.33 bits per heavy atom. The SMILES string of the molecule is COc1ccc(OC)c(/C=C2/C(=O)NC(=O)N(c3ccc(Cl)cc3)C2=O)c1. The molecule has 0 atom stereocenters. The normalized spacial score (nSPS) is 15.7. The Bertz CT molecular complexity index is 953. The van der Waals surface area contributed by atoms with E-state index in [0.29, 0.717) is 22.1 Å². The maximum atomic E-state index is 12.9.